The Kier molecular flexibility index (Phi) is 7.16. The zero-order valence-electron chi connectivity index (χ0n) is 18.2. The standard InChI is InChI=1S/C24H19FN6O4/c25-22-4-2-1-3-21(22)16-9-18(11-20(10-16)35-24(32)17-12-26-15-27-13-17)28-7-8-29-23-6-5-19(14-30-23)31(33)34/h1-6,9-15,28H,7-8H2,(H,29,30). The fourth-order valence-corrected chi connectivity index (χ4v) is 3.18. The minimum atomic E-state index is -0.645. The van der Waals surface area contributed by atoms with Gasteiger partial charge in [-0.3, -0.25) is 10.1 Å². The van der Waals surface area contributed by atoms with Gasteiger partial charge in [-0.25, -0.2) is 24.1 Å². The maximum atomic E-state index is 14.4. The number of hydrogen-bond acceptors (Lipinski definition) is 9. The highest BCUT2D eigenvalue weighted by Crippen LogP contribution is 2.30. The number of carbonyl (C=O) groups excluding carboxylic acids is 1. The maximum absolute atomic E-state index is 14.4. The zero-order valence-corrected chi connectivity index (χ0v) is 18.2. The van der Waals surface area contributed by atoms with Crippen molar-refractivity contribution in [1.82, 2.24) is 15.0 Å². The molecule has 0 aliphatic rings. The monoisotopic (exact) mass is 474 g/mol. The molecule has 2 N–H and O–H groups in total. The van der Waals surface area contributed by atoms with Gasteiger partial charge in [-0.05, 0) is 29.8 Å². The van der Waals surface area contributed by atoms with E-state index in [0.29, 0.717) is 35.7 Å². The SMILES string of the molecule is O=C(Oc1cc(NCCNc2ccc([N+](=O)[O-])cn2)cc(-c2ccccc2F)c1)c1cncnc1. The van der Waals surface area contributed by atoms with Crippen LogP contribution in [-0.4, -0.2) is 38.9 Å². The number of rotatable bonds is 9. The maximum Gasteiger partial charge on any atom is 0.346 e. The second-order valence-electron chi connectivity index (χ2n) is 7.25. The number of esters is 1. The molecule has 2 heterocycles. The topological polar surface area (TPSA) is 132 Å². The lowest BCUT2D eigenvalue weighted by atomic mass is 10.0. The van der Waals surface area contributed by atoms with Gasteiger partial charge < -0.3 is 15.4 Å². The molecule has 4 aromatic rings. The van der Waals surface area contributed by atoms with Crippen molar-refractivity contribution in [3.05, 3.63) is 101 Å². The van der Waals surface area contributed by atoms with Gasteiger partial charge in [0.15, 0.2) is 0 Å². The van der Waals surface area contributed by atoms with Crippen molar-refractivity contribution in [3.63, 3.8) is 0 Å². The van der Waals surface area contributed by atoms with Gasteiger partial charge in [0, 0.05) is 48.9 Å². The van der Waals surface area contributed by atoms with E-state index in [-0.39, 0.29) is 17.0 Å². The molecule has 176 valence electrons. The third kappa shape index (κ3) is 6.11. The summed E-state index contributed by atoms with van der Waals surface area (Å²) in [5.41, 5.74) is 1.55. The Hall–Kier alpha value is -4.93. The molecule has 0 unspecified atom stereocenters. The number of nitrogens with zero attached hydrogens (tertiary/aromatic N) is 4. The van der Waals surface area contributed by atoms with Crippen LogP contribution in [0.1, 0.15) is 10.4 Å². The van der Waals surface area contributed by atoms with Crippen LogP contribution in [0.25, 0.3) is 11.1 Å². The molecule has 0 bridgehead atoms. The smallest absolute Gasteiger partial charge is 0.346 e. The fraction of sp³-hybridized carbons (Fsp3) is 0.0833. The summed E-state index contributed by atoms with van der Waals surface area (Å²) in [4.78, 5) is 34.3. The van der Waals surface area contributed by atoms with Crippen LogP contribution < -0.4 is 15.4 Å². The second kappa shape index (κ2) is 10.8. The molecule has 0 atom stereocenters. The molecule has 0 spiro atoms. The molecular formula is C24H19FN6O4. The van der Waals surface area contributed by atoms with Crippen LogP contribution >= 0.6 is 0 Å². The summed E-state index contributed by atoms with van der Waals surface area (Å²) in [6.45, 7) is 0.866. The lowest BCUT2D eigenvalue weighted by molar-refractivity contribution is -0.385. The third-order valence-corrected chi connectivity index (χ3v) is 4.82. The number of aromatic nitrogens is 3. The van der Waals surface area contributed by atoms with Crippen LogP contribution in [0.4, 0.5) is 21.6 Å². The summed E-state index contributed by atoms with van der Waals surface area (Å²) in [6.07, 6.45) is 5.16. The first-order chi connectivity index (χ1) is 17.0. The fourth-order valence-electron chi connectivity index (χ4n) is 3.18. The summed E-state index contributed by atoms with van der Waals surface area (Å²) < 4.78 is 19.9. The van der Waals surface area contributed by atoms with E-state index in [4.69, 9.17) is 4.74 Å². The van der Waals surface area contributed by atoms with E-state index in [1.165, 1.54) is 43.1 Å². The Balaban J connectivity index is 1.48. The lowest BCUT2D eigenvalue weighted by Gasteiger charge is -2.13. The van der Waals surface area contributed by atoms with Crippen molar-refractivity contribution < 1.29 is 18.8 Å². The molecule has 2 aromatic carbocycles. The highest BCUT2D eigenvalue weighted by molar-refractivity contribution is 5.90. The number of benzene rings is 2. The van der Waals surface area contributed by atoms with E-state index < -0.39 is 16.7 Å². The second-order valence-corrected chi connectivity index (χ2v) is 7.25. The lowest BCUT2D eigenvalue weighted by Crippen LogP contribution is -2.14. The average molecular weight is 474 g/mol. The van der Waals surface area contributed by atoms with Crippen LogP contribution in [0.15, 0.2) is 79.5 Å². The predicted octanol–water partition coefficient (Wildman–Crippen LogP) is 4.33. The van der Waals surface area contributed by atoms with Gasteiger partial charge in [-0.15, -0.1) is 0 Å². The van der Waals surface area contributed by atoms with E-state index in [2.05, 4.69) is 25.6 Å². The van der Waals surface area contributed by atoms with Crippen molar-refractivity contribution in [2.24, 2.45) is 0 Å². The van der Waals surface area contributed by atoms with Crippen molar-refractivity contribution in [1.29, 1.82) is 0 Å². The van der Waals surface area contributed by atoms with Crippen molar-refractivity contribution >= 4 is 23.2 Å². The normalized spacial score (nSPS) is 10.4. The van der Waals surface area contributed by atoms with Crippen molar-refractivity contribution in [2.45, 2.75) is 0 Å². The van der Waals surface area contributed by atoms with Gasteiger partial charge in [0.05, 0.1) is 10.5 Å². The van der Waals surface area contributed by atoms with Crippen LogP contribution in [-0.2, 0) is 0 Å². The molecule has 11 heteroatoms. The van der Waals surface area contributed by atoms with Crippen LogP contribution in [0.3, 0.4) is 0 Å². The molecule has 0 saturated carbocycles. The molecule has 10 nitrogen and oxygen atoms in total. The molecule has 0 fully saturated rings. The predicted molar refractivity (Wildman–Crippen MR) is 127 cm³/mol. The van der Waals surface area contributed by atoms with E-state index in [9.17, 15) is 19.3 Å². The summed E-state index contributed by atoms with van der Waals surface area (Å²) in [5.74, 6) is -0.359. The van der Waals surface area contributed by atoms with E-state index in [0.717, 1.165) is 0 Å². The third-order valence-electron chi connectivity index (χ3n) is 4.82. The molecule has 2 aromatic heterocycles. The summed E-state index contributed by atoms with van der Waals surface area (Å²) >= 11 is 0. The van der Waals surface area contributed by atoms with Gasteiger partial charge in [-0.1, -0.05) is 18.2 Å². The Bertz CT molecular complexity index is 1340. The average Bonchev–Trinajstić information content (AvgIpc) is 2.87. The minimum absolute atomic E-state index is 0.0947. The largest absolute Gasteiger partial charge is 0.423 e. The minimum Gasteiger partial charge on any atom is -0.423 e. The number of ether oxygens (including phenoxy) is 1. The Labute approximate surface area is 199 Å². The van der Waals surface area contributed by atoms with Crippen molar-refractivity contribution in [3.8, 4) is 16.9 Å². The van der Waals surface area contributed by atoms with Crippen LogP contribution in [0.5, 0.6) is 5.75 Å². The number of hydrogen-bond donors (Lipinski definition) is 2. The van der Waals surface area contributed by atoms with E-state index in [1.807, 2.05) is 0 Å². The van der Waals surface area contributed by atoms with Gasteiger partial charge in [0.1, 0.15) is 29.9 Å². The molecule has 0 aliphatic heterocycles. The van der Waals surface area contributed by atoms with Crippen LogP contribution in [0, 0.1) is 15.9 Å². The summed E-state index contributed by atoms with van der Waals surface area (Å²) in [5, 5.41) is 17.0. The first kappa shape index (κ1) is 23.2. The van der Waals surface area contributed by atoms with Crippen molar-refractivity contribution in [2.75, 3.05) is 23.7 Å². The quantitative estimate of drug-likeness (QED) is 0.120. The Morgan fingerprint density at radius 1 is 1.00 bits per heavy atom. The molecule has 0 radical (unpaired) electrons. The molecule has 0 aliphatic carbocycles. The number of carbonyl (C=O) groups is 1. The van der Waals surface area contributed by atoms with Gasteiger partial charge >= 0.3 is 5.97 Å². The summed E-state index contributed by atoms with van der Waals surface area (Å²) in [7, 11) is 0. The van der Waals surface area contributed by atoms with Crippen LogP contribution in [0.2, 0.25) is 0 Å². The number of halogens is 1. The number of nitrogens with one attached hydrogen (secondary N) is 2. The molecule has 0 saturated heterocycles. The first-order valence-corrected chi connectivity index (χ1v) is 10.4. The Morgan fingerprint density at radius 2 is 1.77 bits per heavy atom. The van der Waals surface area contributed by atoms with E-state index in [1.54, 1.807) is 36.4 Å². The van der Waals surface area contributed by atoms with E-state index >= 15 is 0 Å². The molecular weight excluding hydrogens is 455 g/mol. The molecule has 35 heavy (non-hydrogen) atoms. The van der Waals surface area contributed by atoms with Gasteiger partial charge in [-0.2, -0.15) is 0 Å². The zero-order chi connectivity index (χ0) is 24.6. The van der Waals surface area contributed by atoms with Gasteiger partial charge in [0.2, 0.25) is 0 Å². The highest BCUT2D eigenvalue weighted by Gasteiger charge is 2.13. The van der Waals surface area contributed by atoms with Gasteiger partial charge in [0.25, 0.3) is 5.69 Å². The molecule has 0 amide bonds. The summed E-state index contributed by atoms with van der Waals surface area (Å²) in [6, 6.07) is 14.1. The highest BCUT2D eigenvalue weighted by atomic mass is 19.1. The first-order valence-electron chi connectivity index (χ1n) is 10.4. The number of nitro groups is 1. The number of pyridine rings is 1. The number of anilines is 2. The molecule has 4 rings (SSSR count). The Morgan fingerprint density at radius 3 is 2.49 bits per heavy atom.